The minimum atomic E-state index is 0. The Labute approximate surface area is 160 Å². The number of nitrogens with one attached hydrogen (secondary N) is 1. The molecule has 1 saturated heterocycles. The van der Waals surface area contributed by atoms with Crippen molar-refractivity contribution in [1.82, 2.24) is 10.2 Å². The maximum absolute atomic E-state index is 5.64. The Morgan fingerprint density at radius 3 is 2.42 bits per heavy atom. The topological polar surface area (TPSA) is 33.7 Å². The maximum atomic E-state index is 5.64. The number of methoxy groups -OCH3 is 2. The molecule has 2 heterocycles. The van der Waals surface area contributed by atoms with E-state index in [1.54, 1.807) is 25.6 Å². The Kier molecular flexibility index (Phi) is 8.87. The predicted octanol–water partition coefficient (Wildman–Crippen LogP) is 3.60. The Balaban J connectivity index is 0.00000144. The highest BCUT2D eigenvalue weighted by atomic mass is 35.5. The van der Waals surface area contributed by atoms with Crippen LogP contribution in [-0.4, -0.2) is 45.3 Å². The van der Waals surface area contributed by atoms with Crippen LogP contribution in [0.3, 0.4) is 0 Å². The standard InChI is InChI=1S/C17H22N2O2S.2ClH/c1-20-13-5-6-14(15(12-13)21-2)17(16-4-3-11-22-16)19-9-7-18-8-10-19;;/h3-6,11-12,17-18H,7-10H2,1-2H3;2*1H/t17-;;/m0../s1. The largest absolute Gasteiger partial charge is 0.497 e. The zero-order valence-electron chi connectivity index (χ0n) is 13.9. The lowest BCUT2D eigenvalue weighted by Crippen LogP contribution is -2.45. The number of benzene rings is 1. The molecule has 1 aromatic heterocycles. The quantitative estimate of drug-likeness (QED) is 0.845. The summed E-state index contributed by atoms with van der Waals surface area (Å²) in [5.74, 6) is 1.71. The van der Waals surface area contributed by atoms with Crippen molar-refractivity contribution in [2.45, 2.75) is 6.04 Å². The molecule has 0 radical (unpaired) electrons. The van der Waals surface area contributed by atoms with Gasteiger partial charge in [-0.25, -0.2) is 0 Å². The van der Waals surface area contributed by atoms with Gasteiger partial charge in [0.05, 0.1) is 20.3 Å². The minimum Gasteiger partial charge on any atom is -0.497 e. The SMILES string of the molecule is COc1ccc([C@@H](c2cccs2)N2CCNCC2)c(OC)c1.Cl.Cl. The summed E-state index contributed by atoms with van der Waals surface area (Å²) < 4.78 is 11.0. The third kappa shape index (κ3) is 4.55. The van der Waals surface area contributed by atoms with Gasteiger partial charge in [0.1, 0.15) is 11.5 Å². The van der Waals surface area contributed by atoms with E-state index in [4.69, 9.17) is 9.47 Å². The third-order valence-corrected chi connectivity index (χ3v) is 4.99. The summed E-state index contributed by atoms with van der Waals surface area (Å²) in [6.45, 7) is 4.14. The van der Waals surface area contributed by atoms with Gasteiger partial charge in [0.2, 0.25) is 0 Å². The molecule has 1 aliphatic rings. The molecule has 2 aromatic rings. The predicted molar refractivity (Wildman–Crippen MR) is 105 cm³/mol. The summed E-state index contributed by atoms with van der Waals surface area (Å²) in [7, 11) is 3.41. The molecule has 1 fully saturated rings. The number of thiophene rings is 1. The molecule has 0 amide bonds. The molecule has 24 heavy (non-hydrogen) atoms. The molecule has 0 saturated carbocycles. The fourth-order valence-corrected chi connectivity index (χ4v) is 3.84. The summed E-state index contributed by atoms with van der Waals surface area (Å²) in [5, 5.41) is 5.56. The van der Waals surface area contributed by atoms with E-state index in [9.17, 15) is 0 Å². The highest BCUT2D eigenvalue weighted by Gasteiger charge is 2.27. The molecule has 0 spiro atoms. The van der Waals surface area contributed by atoms with Crippen molar-refractivity contribution < 1.29 is 9.47 Å². The summed E-state index contributed by atoms with van der Waals surface area (Å²) in [4.78, 5) is 3.87. The van der Waals surface area contributed by atoms with Crippen LogP contribution in [0.15, 0.2) is 35.7 Å². The zero-order valence-corrected chi connectivity index (χ0v) is 16.3. The van der Waals surface area contributed by atoms with Gasteiger partial charge in [0.25, 0.3) is 0 Å². The van der Waals surface area contributed by atoms with Gasteiger partial charge in [-0.1, -0.05) is 6.07 Å². The Morgan fingerprint density at radius 1 is 1.08 bits per heavy atom. The van der Waals surface area contributed by atoms with Crippen LogP contribution < -0.4 is 14.8 Å². The number of rotatable bonds is 5. The van der Waals surface area contributed by atoms with Gasteiger partial charge in [-0.2, -0.15) is 0 Å². The van der Waals surface area contributed by atoms with Crippen LogP contribution >= 0.6 is 36.2 Å². The Morgan fingerprint density at radius 2 is 1.83 bits per heavy atom. The van der Waals surface area contributed by atoms with Gasteiger partial charge >= 0.3 is 0 Å². The van der Waals surface area contributed by atoms with E-state index < -0.39 is 0 Å². The van der Waals surface area contributed by atoms with Crippen molar-refractivity contribution in [3.05, 3.63) is 46.2 Å². The van der Waals surface area contributed by atoms with Crippen LogP contribution in [0.5, 0.6) is 11.5 Å². The lowest BCUT2D eigenvalue weighted by molar-refractivity contribution is 0.197. The number of hydrogen-bond acceptors (Lipinski definition) is 5. The second-order valence-electron chi connectivity index (χ2n) is 5.31. The molecule has 4 nitrogen and oxygen atoms in total. The van der Waals surface area contributed by atoms with Crippen molar-refractivity contribution in [3.63, 3.8) is 0 Å². The average molecular weight is 391 g/mol. The maximum Gasteiger partial charge on any atom is 0.127 e. The second kappa shape index (κ2) is 10.1. The van der Waals surface area contributed by atoms with Gasteiger partial charge < -0.3 is 14.8 Å². The van der Waals surface area contributed by atoms with E-state index in [0.29, 0.717) is 0 Å². The molecule has 1 atom stereocenters. The molecule has 1 N–H and O–H groups in total. The van der Waals surface area contributed by atoms with Crippen molar-refractivity contribution in [2.24, 2.45) is 0 Å². The zero-order chi connectivity index (χ0) is 15.4. The van der Waals surface area contributed by atoms with Crippen molar-refractivity contribution in [3.8, 4) is 11.5 Å². The molecule has 0 unspecified atom stereocenters. The molecule has 0 aliphatic carbocycles. The van der Waals surface area contributed by atoms with Gasteiger partial charge in [-0.15, -0.1) is 36.2 Å². The Bertz CT molecular complexity index is 605. The molecule has 1 aromatic carbocycles. The lowest BCUT2D eigenvalue weighted by atomic mass is 10.0. The summed E-state index contributed by atoms with van der Waals surface area (Å²) in [6, 6.07) is 10.7. The summed E-state index contributed by atoms with van der Waals surface area (Å²) in [6.07, 6.45) is 0. The van der Waals surface area contributed by atoms with E-state index in [0.717, 1.165) is 37.7 Å². The van der Waals surface area contributed by atoms with Crippen LogP contribution in [0.2, 0.25) is 0 Å². The first-order valence-corrected chi connectivity index (χ1v) is 8.41. The fraction of sp³-hybridized carbons (Fsp3) is 0.412. The third-order valence-electron chi connectivity index (χ3n) is 4.06. The number of piperazine rings is 1. The molecule has 0 bridgehead atoms. The van der Waals surface area contributed by atoms with Crippen LogP contribution in [0.4, 0.5) is 0 Å². The van der Waals surface area contributed by atoms with Crippen molar-refractivity contribution in [1.29, 1.82) is 0 Å². The minimum absolute atomic E-state index is 0. The van der Waals surface area contributed by atoms with Gasteiger partial charge in [0.15, 0.2) is 0 Å². The van der Waals surface area contributed by atoms with E-state index in [-0.39, 0.29) is 30.9 Å². The van der Waals surface area contributed by atoms with Gasteiger partial charge in [-0.3, -0.25) is 4.90 Å². The number of hydrogen-bond donors (Lipinski definition) is 1. The molecular formula is C17H24Cl2N2O2S. The molecule has 134 valence electrons. The lowest BCUT2D eigenvalue weighted by Gasteiger charge is -2.35. The first kappa shape index (κ1) is 21.1. The van der Waals surface area contributed by atoms with Crippen LogP contribution in [-0.2, 0) is 0 Å². The molecule has 3 rings (SSSR count). The van der Waals surface area contributed by atoms with Crippen LogP contribution in [0.1, 0.15) is 16.5 Å². The Hall–Kier alpha value is -0.980. The summed E-state index contributed by atoms with van der Waals surface area (Å²) in [5.41, 5.74) is 1.20. The number of ether oxygens (including phenoxy) is 2. The van der Waals surface area contributed by atoms with E-state index in [1.807, 2.05) is 12.1 Å². The number of nitrogens with zero attached hydrogens (tertiary/aromatic N) is 1. The fourth-order valence-electron chi connectivity index (χ4n) is 2.96. The van der Waals surface area contributed by atoms with E-state index in [1.165, 1.54) is 10.4 Å². The first-order valence-electron chi connectivity index (χ1n) is 7.53. The second-order valence-corrected chi connectivity index (χ2v) is 6.29. The molecule has 7 heteroatoms. The van der Waals surface area contributed by atoms with Gasteiger partial charge in [-0.05, 0) is 23.6 Å². The summed E-state index contributed by atoms with van der Waals surface area (Å²) >= 11 is 1.80. The average Bonchev–Trinajstić information content (AvgIpc) is 3.10. The smallest absolute Gasteiger partial charge is 0.127 e. The normalized spacial score (nSPS) is 15.8. The van der Waals surface area contributed by atoms with Crippen molar-refractivity contribution >= 4 is 36.2 Å². The van der Waals surface area contributed by atoms with E-state index >= 15 is 0 Å². The first-order chi connectivity index (χ1) is 10.8. The van der Waals surface area contributed by atoms with Crippen LogP contribution in [0, 0.1) is 0 Å². The molecule has 1 aliphatic heterocycles. The van der Waals surface area contributed by atoms with Crippen LogP contribution in [0.25, 0.3) is 0 Å². The van der Waals surface area contributed by atoms with Crippen molar-refractivity contribution in [2.75, 3.05) is 40.4 Å². The van der Waals surface area contributed by atoms with E-state index in [2.05, 4.69) is 33.8 Å². The highest BCUT2D eigenvalue weighted by Crippen LogP contribution is 2.38. The monoisotopic (exact) mass is 390 g/mol. The number of halogens is 2. The highest BCUT2D eigenvalue weighted by molar-refractivity contribution is 7.10. The molecular weight excluding hydrogens is 367 g/mol. The van der Waals surface area contributed by atoms with Gasteiger partial charge in [0, 0.05) is 42.7 Å².